The smallest absolute Gasteiger partial charge is 0.317 e. The first-order valence-electron chi connectivity index (χ1n) is 11.7. The lowest BCUT2D eigenvalue weighted by molar-refractivity contribution is 0.0910. The molecule has 2 heterocycles. The van der Waals surface area contributed by atoms with Crippen LogP contribution in [0, 0.1) is 6.92 Å². The molecule has 1 atom stereocenters. The van der Waals surface area contributed by atoms with Gasteiger partial charge in [0.05, 0.1) is 24.8 Å². The molecule has 4 rings (SSSR count). The van der Waals surface area contributed by atoms with E-state index in [9.17, 15) is 9.59 Å². The second kappa shape index (κ2) is 11.3. The Morgan fingerprint density at radius 3 is 2.83 bits per heavy atom. The van der Waals surface area contributed by atoms with Crippen molar-refractivity contribution in [3.8, 4) is 11.4 Å². The Morgan fingerprint density at radius 1 is 1.23 bits per heavy atom. The first kappa shape index (κ1) is 24.6. The van der Waals surface area contributed by atoms with Crippen LogP contribution in [-0.2, 0) is 6.42 Å². The van der Waals surface area contributed by atoms with Gasteiger partial charge in [0.1, 0.15) is 5.75 Å². The predicted octanol–water partition coefficient (Wildman–Crippen LogP) is 3.99. The van der Waals surface area contributed by atoms with Crippen LogP contribution in [0.25, 0.3) is 5.69 Å². The molecule has 0 bridgehead atoms. The summed E-state index contributed by atoms with van der Waals surface area (Å²) >= 11 is 6.02. The molecule has 1 unspecified atom stereocenters. The number of nitrogens with one attached hydrogen (secondary N) is 2. The third-order valence-electron chi connectivity index (χ3n) is 6.05. The fourth-order valence-corrected chi connectivity index (χ4v) is 4.46. The van der Waals surface area contributed by atoms with Crippen molar-refractivity contribution in [1.29, 1.82) is 0 Å². The summed E-state index contributed by atoms with van der Waals surface area (Å²) < 4.78 is 7.38. The van der Waals surface area contributed by atoms with Gasteiger partial charge in [0.2, 0.25) is 0 Å². The van der Waals surface area contributed by atoms with Gasteiger partial charge in [-0.3, -0.25) is 4.79 Å². The van der Waals surface area contributed by atoms with E-state index in [0.29, 0.717) is 42.4 Å². The van der Waals surface area contributed by atoms with Crippen molar-refractivity contribution in [2.24, 2.45) is 0 Å². The SMILES string of the molecule is COc1cc(C(=O)NC2CCCN(C(=O)NCCc3cccc(Cl)c3)C2)ccc1-n1cnc(C)c1. The van der Waals surface area contributed by atoms with E-state index in [2.05, 4.69) is 15.6 Å². The highest BCUT2D eigenvalue weighted by atomic mass is 35.5. The van der Waals surface area contributed by atoms with Gasteiger partial charge in [0, 0.05) is 42.5 Å². The van der Waals surface area contributed by atoms with Crippen LogP contribution in [0.1, 0.15) is 34.5 Å². The maximum atomic E-state index is 13.0. The van der Waals surface area contributed by atoms with Gasteiger partial charge in [0.15, 0.2) is 0 Å². The lowest BCUT2D eigenvalue weighted by atomic mass is 10.0. The van der Waals surface area contributed by atoms with Crippen LogP contribution >= 0.6 is 11.6 Å². The predicted molar refractivity (Wildman–Crippen MR) is 135 cm³/mol. The molecular weight excluding hydrogens is 466 g/mol. The van der Waals surface area contributed by atoms with Crippen molar-refractivity contribution in [1.82, 2.24) is 25.1 Å². The maximum Gasteiger partial charge on any atom is 0.317 e. The van der Waals surface area contributed by atoms with Gasteiger partial charge in [-0.15, -0.1) is 0 Å². The number of rotatable bonds is 7. The Kier molecular flexibility index (Phi) is 7.92. The minimum Gasteiger partial charge on any atom is -0.495 e. The Hall–Kier alpha value is -3.52. The zero-order valence-electron chi connectivity index (χ0n) is 20.0. The third-order valence-corrected chi connectivity index (χ3v) is 6.29. The number of amides is 3. The Labute approximate surface area is 210 Å². The third kappa shape index (κ3) is 6.33. The normalized spacial score (nSPS) is 15.5. The number of ether oxygens (including phenoxy) is 1. The van der Waals surface area contributed by atoms with Crippen LogP contribution in [0.15, 0.2) is 55.0 Å². The summed E-state index contributed by atoms with van der Waals surface area (Å²) in [5.41, 5.74) is 3.28. The van der Waals surface area contributed by atoms with Crippen LogP contribution in [0.4, 0.5) is 4.79 Å². The number of nitrogens with zero attached hydrogens (tertiary/aromatic N) is 3. The molecule has 1 fully saturated rings. The van der Waals surface area contributed by atoms with E-state index in [1.165, 1.54) is 0 Å². The average molecular weight is 496 g/mol. The van der Waals surface area contributed by atoms with Crippen molar-refractivity contribution in [2.75, 3.05) is 26.7 Å². The Bertz CT molecular complexity index is 1200. The molecule has 1 aliphatic heterocycles. The number of carbonyl (C=O) groups excluding carboxylic acids is 2. The summed E-state index contributed by atoms with van der Waals surface area (Å²) in [4.78, 5) is 31.6. The van der Waals surface area contributed by atoms with E-state index < -0.39 is 0 Å². The van der Waals surface area contributed by atoms with Gasteiger partial charge in [0.25, 0.3) is 5.91 Å². The maximum absolute atomic E-state index is 13.0. The zero-order chi connectivity index (χ0) is 24.8. The van der Waals surface area contributed by atoms with Crippen LogP contribution in [-0.4, -0.2) is 59.2 Å². The van der Waals surface area contributed by atoms with E-state index in [1.807, 2.05) is 48.0 Å². The Morgan fingerprint density at radius 2 is 2.09 bits per heavy atom. The molecule has 3 amide bonds. The van der Waals surface area contributed by atoms with E-state index in [1.54, 1.807) is 30.5 Å². The molecule has 0 spiro atoms. The Balaban J connectivity index is 1.31. The van der Waals surface area contributed by atoms with Crippen molar-refractivity contribution < 1.29 is 14.3 Å². The summed E-state index contributed by atoms with van der Waals surface area (Å²) in [6, 6.07) is 12.7. The number of urea groups is 1. The average Bonchev–Trinajstić information content (AvgIpc) is 3.29. The van der Waals surface area contributed by atoms with E-state index in [-0.39, 0.29) is 18.0 Å². The number of hydrogen-bond acceptors (Lipinski definition) is 4. The quantitative estimate of drug-likeness (QED) is 0.518. The number of likely N-dealkylation sites (tertiary alicyclic amines) is 1. The van der Waals surface area contributed by atoms with Crippen molar-refractivity contribution in [2.45, 2.75) is 32.2 Å². The largest absolute Gasteiger partial charge is 0.495 e. The van der Waals surface area contributed by atoms with Gasteiger partial charge in [-0.2, -0.15) is 0 Å². The van der Waals surface area contributed by atoms with Crippen LogP contribution in [0.5, 0.6) is 5.75 Å². The standard InChI is InChI=1S/C26H30ClN5O3/c1-18-15-32(17-29-18)23-9-8-20(14-24(23)35-2)25(33)30-22-7-4-12-31(16-22)26(34)28-11-10-19-5-3-6-21(27)13-19/h3,5-6,8-9,13-15,17,22H,4,7,10-12,16H2,1-2H3,(H,28,34)(H,30,33). The van der Waals surface area contributed by atoms with Gasteiger partial charge in [-0.25, -0.2) is 9.78 Å². The molecule has 35 heavy (non-hydrogen) atoms. The number of halogens is 1. The number of aromatic nitrogens is 2. The molecule has 8 nitrogen and oxygen atoms in total. The second-order valence-corrected chi connectivity index (χ2v) is 9.12. The van der Waals surface area contributed by atoms with E-state index >= 15 is 0 Å². The first-order chi connectivity index (χ1) is 16.9. The summed E-state index contributed by atoms with van der Waals surface area (Å²) in [6.45, 7) is 3.58. The highest BCUT2D eigenvalue weighted by Gasteiger charge is 2.25. The summed E-state index contributed by atoms with van der Waals surface area (Å²) in [7, 11) is 1.58. The second-order valence-electron chi connectivity index (χ2n) is 8.68. The number of benzene rings is 2. The summed E-state index contributed by atoms with van der Waals surface area (Å²) in [5.74, 6) is 0.393. The molecule has 3 aromatic rings. The van der Waals surface area contributed by atoms with Crippen LogP contribution < -0.4 is 15.4 Å². The zero-order valence-corrected chi connectivity index (χ0v) is 20.7. The lowest BCUT2D eigenvalue weighted by Gasteiger charge is -2.33. The molecule has 0 radical (unpaired) electrons. The summed E-state index contributed by atoms with van der Waals surface area (Å²) in [6.07, 6.45) is 5.96. The molecule has 1 aromatic heterocycles. The number of carbonyl (C=O) groups is 2. The van der Waals surface area contributed by atoms with Gasteiger partial charge < -0.3 is 24.8 Å². The molecule has 1 saturated heterocycles. The minimum absolute atomic E-state index is 0.114. The van der Waals surface area contributed by atoms with Crippen LogP contribution in [0.2, 0.25) is 5.02 Å². The van der Waals surface area contributed by atoms with Gasteiger partial charge in [-0.05, 0) is 62.1 Å². The van der Waals surface area contributed by atoms with Crippen LogP contribution in [0.3, 0.4) is 0 Å². The van der Waals surface area contributed by atoms with Gasteiger partial charge in [-0.1, -0.05) is 23.7 Å². The molecule has 0 aliphatic carbocycles. The highest BCUT2D eigenvalue weighted by Crippen LogP contribution is 2.25. The fourth-order valence-electron chi connectivity index (χ4n) is 4.25. The number of aryl methyl sites for hydroxylation is 1. The minimum atomic E-state index is -0.190. The molecule has 2 aromatic carbocycles. The molecule has 9 heteroatoms. The molecular formula is C26H30ClN5O3. The number of piperidine rings is 1. The number of methoxy groups -OCH3 is 1. The monoisotopic (exact) mass is 495 g/mol. The van der Waals surface area contributed by atoms with Crippen molar-refractivity contribution in [3.05, 3.63) is 76.8 Å². The van der Waals surface area contributed by atoms with Gasteiger partial charge >= 0.3 is 6.03 Å². The molecule has 184 valence electrons. The van der Waals surface area contributed by atoms with E-state index in [4.69, 9.17) is 16.3 Å². The van der Waals surface area contributed by atoms with E-state index in [0.717, 1.165) is 29.8 Å². The molecule has 2 N–H and O–H groups in total. The number of imidazole rings is 1. The first-order valence-corrected chi connectivity index (χ1v) is 12.1. The molecule has 1 aliphatic rings. The summed E-state index contributed by atoms with van der Waals surface area (Å²) in [5, 5.41) is 6.73. The molecule has 0 saturated carbocycles. The number of hydrogen-bond donors (Lipinski definition) is 2. The van der Waals surface area contributed by atoms with Crippen molar-refractivity contribution >= 4 is 23.5 Å². The lowest BCUT2D eigenvalue weighted by Crippen LogP contribution is -2.52. The topological polar surface area (TPSA) is 88.5 Å². The highest BCUT2D eigenvalue weighted by molar-refractivity contribution is 6.30. The fraction of sp³-hybridized carbons (Fsp3) is 0.346. The van der Waals surface area contributed by atoms with Crippen molar-refractivity contribution in [3.63, 3.8) is 0 Å².